The second kappa shape index (κ2) is 5.40. The fourth-order valence-corrected chi connectivity index (χ4v) is 2.05. The molecule has 2 unspecified atom stereocenters. The zero-order chi connectivity index (χ0) is 9.68. The van der Waals surface area contributed by atoms with Crippen LogP contribution in [0, 0.1) is 11.8 Å². The van der Waals surface area contributed by atoms with Crippen molar-refractivity contribution in [2.45, 2.75) is 32.6 Å². The van der Waals surface area contributed by atoms with Crippen molar-refractivity contribution in [3.63, 3.8) is 0 Å². The fraction of sp³-hybridized carbons (Fsp3) is 0.889. The summed E-state index contributed by atoms with van der Waals surface area (Å²) in [4.78, 5) is 0. The van der Waals surface area contributed by atoms with Gasteiger partial charge in [0.15, 0.2) is 5.11 Å². The molecule has 13 heavy (non-hydrogen) atoms. The predicted octanol–water partition coefficient (Wildman–Crippen LogP) is 1.15. The van der Waals surface area contributed by atoms with E-state index in [9.17, 15) is 0 Å². The summed E-state index contributed by atoms with van der Waals surface area (Å²) in [7, 11) is 0. The van der Waals surface area contributed by atoms with Crippen molar-refractivity contribution in [3.05, 3.63) is 0 Å². The first-order valence-corrected chi connectivity index (χ1v) is 5.39. The molecule has 0 amide bonds. The normalized spacial score (nSPS) is 28.2. The molecule has 0 aromatic heterocycles. The van der Waals surface area contributed by atoms with Crippen LogP contribution in [-0.4, -0.2) is 11.7 Å². The Kier molecular flexibility index (Phi) is 4.45. The molecule has 0 bridgehead atoms. The molecule has 1 fully saturated rings. The van der Waals surface area contributed by atoms with Crippen LogP contribution < -0.4 is 16.6 Å². The Morgan fingerprint density at radius 2 is 2.15 bits per heavy atom. The zero-order valence-corrected chi connectivity index (χ0v) is 8.99. The second-order valence-corrected chi connectivity index (χ2v) is 4.28. The third kappa shape index (κ3) is 3.48. The highest BCUT2D eigenvalue weighted by Gasteiger charge is 2.20. The molecule has 0 radical (unpaired) electrons. The molecule has 4 N–H and O–H groups in total. The van der Waals surface area contributed by atoms with Gasteiger partial charge in [0, 0.05) is 6.54 Å². The largest absolute Gasteiger partial charge is 0.361 e. The first-order chi connectivity index (χ1) is 6.24. The van der Waals surface area contributed by atoms with Crippen molar-refractivity contribution < 1.29 is 0 Å². The van der Waals surface area contributed by atoms with Gasteiger partial charge >= 0.3 is 0 Å². The molecule has 1 aliphatic rings. The van der Waals surface area contributed by atoms with Gasteiger partial charge in [0.25, 0.3) is 0 Å². The molecular formula is C9H19N3S. The van der Waals surface area contributed by atoms with Crippen LogP contribution in [0.25, 0.3) is 0 Å². The summed E-state index contributed by atoms with van der Waals surface area (Å²) in [5.41, 5.74) is 2.44. The molecule has 76 valence electrons. The molecule has 0 aromatic carbocycles. The van der Waals surface area contributed by atoms with Gasteiger partial charge in [0.05, 0.1) is 0 Å². The lowest BCUT2D eigenvalue weighted by Crippen LogP contribution is -2.42. The van der Waals surface area contributed by atoms with E-state index in [4.69, 9.17) is 18.1 Å². The molecular weight excluding hydrogens is 182 g/mol. The van der Waals surface area contributed by atoms with Gasteiger partial charge in [-0.3, -0.25) is 0 Å². The third-order valence-electron chi connectivity index (χ3n) is 2.95. The molecule has 0 heterocycles. The lowest BCUT2D eigenvalue weighted by atomic mass is 9.80. The minimum absolute atomic E-state index is 0.553. The maximum absolute atomic E-state index is 5.17. The van der Waals surface area contributed by atoms with Crippen LogP contribution in [0.1, 0.15) is 32.6 Å². The zero-order valence-electron chi connectivity index (χ0n) is 8.18. The van der Waals surface area contributed by atoms with Crippen molar-refractivity contribution in [2.75, 3.05) is 6.54 Å². The summed E-state index contributed by atoms with van der Waals surface area (Å²) in [5.74, 6) is 6.75. The third-order valence-corrected chi connectivity index (χ3v) is 3.21. The van der Waals surface area contributed by atoms with Gasteiger partial charge in [-0.15, -0.1) is 0 Å². The summed E-state index contributed by atoms with van der Waals surface area (Å²) in [6.07, 6.45) is 5.42. The van der Waals surface area contributed by atoms with E-state index in [1.807, 2.05) is 0 Å². The van der Waals surface area contributed by atoms with E-state index in [2.05, 4.69) is 17.7 Å². The van der Waals surface area contributed by atoms with E-state index in [0.29, 0.717) is 5.11 Å². The highest BCUT2D eigenvalue weighted by Crippen LogP contribution is 2.28. The Hall–Kier alpha value is -0.350. The Bertz CT molecular complexity index is 172. The molecule has 3 nitrogen and oxygen atoms in total. The highest BCUT2D eigenvalue weighted by atomic mass is 32.1. The van der Waals surface area contributed by atoms with Gasteiger partial charge in [-0.05, 0) is 30.5 Å². The van der Waals surface area contributed by atoms with Crippen LogP contribution in [0.15, 0.2) is 0 Å². The monoisotopic (exact) mass is 201 g/mol. The van der Waals surface area contributed by atoms with Gasteiger partial charge in [-0.1, -0.05) is 26.2 Å². The van der Waals surface area contributed by atoms with E-state index in [1.165, 1.54) is 25.7 Å². The molecule has 0 aromatic rings. The van der Waals surface area contributed by atoms with Crippen molar-refractivity contribution in [2.24, 2.45) is 17.7 Å². The SMILES string of the molecule is CC1CCCCC1CNC(=S)NN. The van der Waals surface area contributed by atoms with Crippen molar-refractivity contribution in [1.82, 2.24) is 10.7 Å². The van der Waals surface area contributed by atoms with Crippen molar-refractivity contribution in [1.29, 1.82) is 0 Å². The first-order valence-electron chi connectivity index (χ1n) is 4.98. The van der Waals surface area contributed by atoms with E-state index in [1.54, 1.807) is 0 Å². The molecule has 1 aliphatic carbocycles. The number of hydrogen-bond acceptors (Lipinski definition) is 2. The van der Waals surface area contributed by atoms with E-state index >= 15 is 0 Å². The maximum Gasteiger partial charge on any atom is 0.180 e. The molecule has 0 spiro atoms. The quantitative estimate of drug-likeness (QED) is 0.356. The maximum atomic E-state index is 5.17. The topological polar surface area (TPSA) is 50.1 Å². The summed E-state index contributed by atoms with van der Waals surface area (Å²) >= 11 is 4.92. The highest BCUT2D eigenvalue weighted by molar-refractivity contribution is 7.80. The molecule has 0 saturated heterocycles. The summed E-state index contributed by atoms with van der Waals surface area (Å²) < 4.78 is 0. The molecule has 2 atom stereocenters. The minimum atomic E-state index is 0.553. The number of hydrogen-bond donors (Lipinski definition) is 3. The number of thiocarbonyl (C=S) groups is 1. The lowest BCUT2D eigenvalue weighted by Gasteiger charge is -2.29. The predicted molar refractivity (Wildman–Crippen MR) is 59.0 cm³/mol. The number of rotatable bonds is 2. The van der Waals surface area contributed by atoms with Gasteiger partial charge < -0.3 is 10.7 Å². The van der Waals surface area contributed by atoms with Crippen LogP contribution in [0.5, 0.6) is 0 Å². The van der Waals surface area contributed by atoms with Gasteiger partial charge in [0.1, 0.15) is 0 Å². The van der Waals surface area contributed by atoms with Crippen LogP contribution >= 0.6 is 12.2 Å². The summed E-state index contributed by atoms with van der Waals surface area (Å²) in [5, 5.41) is 3.68. The number of hydrazine groups is 1. The van der Waals surface area contributed by atoms with Gasteiger partial charge in [0.2, 0.25) is 0 Å². The molecule has 0 aliphatic heterocycles. The van der Waals surface area contributed by atoms with Crippen LogP contribution in [0.3, 0.4) is 0 Å². The van der Waals surface area contributed by atoms with E-state index < -0.39 is 0 Å². The standard InChI is InChI=1S/C9H19N3S/c1-7-4-2-3-5-8(7)6-11-9(13)12-10/h7-8H,2-6,10H2,1H3,(H2,11,12,13). The Morgan fingerprint density at radius 3 is 2.77 bits per heavy atom. The van der Waals surface area contributed by atoms with E-state index in [0.717, 1.165) is 18.4 Å². The van der Waals surface area contributed by atoms with Crippen LogP contribution in [0.2, 0.25) is 0 Å². The Labute approximate surface area is 85.4 Å². The summed E-state index contributed by atoms with van der Waals surface area (Å²) in [6, 6.07) is 0. The van der Waals surface area contributed by atoms with Gasteiger partial charge in [-0.2, -0.15) is 0 Å². The minimum Gasteiger partial charge on any atom is -0.361 e. The number of nitrogens with two attached hydrogens (primary N) is 1. The van der Waals surface area contributed by atoms with Crippen molar-refractivity contribution >= 4 is 17.3 Å². The smallest absolute Gasteiger partial charge is 0.180 e. The van der Waals surface area contributed by atoms with Crippen LogP contribution in [0.4, 0.5) is 0 Å². The molecule has 4 heteroatoms. The average molecular weight is 201 g/mol. The Balaban J connectivity index is 2.22. The average Bonchev–Trinajstić information content (AvgIpc) is 2.16. The fourth-order valence-electron chi connectivity index (χ4n) is 1.97. The first kappa shape index (κ1) is 10.7. The Morgan fingerprint density at radius 1 is 1.46 bits per heavy atom. The molecule has 1 rings (SSSR count). The van der Waals surface area contributed by atoms with Crippen molar-refractivity contribution in [3.8, 4) is 0 Å². The van der Waals surface area contributed by atoms with Gasteiger partial charge in [-0.25, -0.2) is 5.84 Å². The summed E-state index contributed by atoms with van der Waals surface area (Å²) in [6.45, 7) is 3.29. The number of nitrogens with one attached hydrogen (secondary N) is 2. The lowest BCUT2D eigenvalue weighted by molar-refractivity contribution is 0.256. The van der Waals surface area contributed by atoms with Crippen LogP contribution in [-0.2, 0) is 0 Å². The second-order valence-electron chi connectivity index (χ2n) is 3.88. The molecule has 1 saturated carbocycles. The van der Waals surface area contributed by atoms with E-state index in [-0.39, 0.29) is 0 Å².